The van der Waals surface area contributed by atoms with Crippen molar-refractivity contribution in [3.63, 3.8) is 0 Å². The highest BCUT2D eigenvalue weighted by molar-refractivity contribution is 7.81. The van der Waals surface area contributed by atoms with Crippen molar-refractivity contribution in [2.45, 2.75) is 18.6 Å². The predicted octanol–water partition coefficient (Wildman–Crippen LogP) is 2.37. The SMILES string of the molecule is CC(C)(S)c1n[nH]c(=S)s1. The molecule has 0 spiro atoms. The third-order valence-corrected chi connectivity index (χ3v) is 2.74. The van der Waals surface area contributed by atoms with Gasteiger partial charge in [-0.25, -0.2) is 0 Å². The van der Waals surface area contributed by atoms with Gasteiger partial charge in [-0.15, -0.1) is 0 Å². The molecule has 0 aliphatic rings. The lowest BCUT2D eigenvalue weighted by atomic mass is 10.2. The number of nitrogens with zero attached hydrogens (tertiary/aromatic N) is 1. The summed E-state index contributed by atoms with van der Waals surface area (Å²) >= 11 is 10.7. The van der Waals surface area contributed by atoms with E-state index in [1.54, 1.807) is 0 Å². The number of hydrogen-bond acceptors (Lipinski definition) is 4. The molecule has 5 heteroatoms. The lowest BCUT2D eigenvalue weighted by molar-refractivity contribution is 0.760. The molecule has 0 saturated heterocycles. The molecule has 1 rings (SSSR count). The highest BCUT2D eigenvalue weighted by Gasteiger charge is 2.18. The molecule has 1 aromatic rings. The number of thiol groups is 1. The number of rotatable bonds is 1. The Morgan fingerprint density at radius 2 is 2.30 bits per heavy atom. The van der Waals surface area contributed by atoms with Gasteiger partial charge in [0.05, 0.1) is 4.75 Å². The van der Waals surface area contributed by atoms with Crippen LogP contribution in [0.4, 0.5) is 0 Å². The van der Waals surface area contributed by atoms with Crippen LogP contribution in [0, 0.1) is 3.95 Å². The zero-order valence-corrected chi connectivity index (χ0v) is 8.24. The summed E-state index contributed by atoms with van der Waals surface area (Å²) in [4.78, 5) is 0. The van der Waals surface area contributed by atoms with Crippen LogP contribution >= 0.6 is 36.2 Å². The fourth-order valence-corrected chi connectivity index (χ4v) is 1.57. The van der Waals surface area contributed by atoms with Crippen molar-refractivity contribution >= 4 is 36.2 Å². The fourth-order valence-electron chi connectivity index (χ4n) is 0.492. The van der Waals surface area contributed by atoms with E-state index in [2.05, 4.69) is 22.8 Å². The van der Waals surface area contributed by atoms with Crippen LogP contribution in [0.2, 0.25) is 0 Å². The molecule has 1 N–H and O–H groups in total. The van der Waals surface area contributed by atoms with Crippen molar-refractivity contribution in [1.29, 1.82) is 0 Å². The first kappa shape index (κ1) is 8.23. The van der Waals surface area contributed by atoms with Crippen molar-refractivity contribution < 1.29 is 0 Å². The van der Waals surface area contributed by atoms with Gasteiger partial charge in [0.1, 0.15) is 5.01 Å². The number of nitrogens with one attached hydrogen (secondary N) is 1. The highest BCUT2D eigenvalue weighted by atomic mass is 32.1. The molecule has 0 aliphatic heterocycles. The highest BCUT2D eigenvalue weighted by Crippen LogP contribution is 2.27. The van der Waals surface area contributed by atoms with Crippen LogP contribution in [0.15, 0.2) is 0 Å². The van der Waals surface area contributed by atoms with E-state index in [1.165, 1.54) is 11.3 Å². The Morgan fingerprint density at radius 3 is 2.50 bits per heavy atom. The van der Waals surface area contributed by atoms with Gasteiger partial charge in [0.15, 0.2) is 3.95 Å². The molecule has 1 aromatic heterocycles. The molecule has 10 heavy (non-hydrogen) atoms. The molecule has 0 atom stereocenters. The Kier molecular flexibility index (Phi) is 2.17. The van der Waals surface area contributed by atoms with Crippen LogP contribution in [-0.2, 0) is 4.75 Å². The van der Waals surface area contributed by atoms with Gasteiger partial charge in [-0.05, 0) is 26.1 Å². The standard InChI is InChI=1S/C5H8N2S3/c1-5(2,9)3-6-7-4(8)10-3/h9H,1-2H3,(H,7,8). The fraction of sp³-hybridized carbons (Fsp3) is 0.600. The van der Waals surface area contributed by atoms with Gasteiger partial charge in [-0.3, -0.25) is 5.10 Å². The summed E-state index contributed by atoms with van der Waals surface area (Å²) in [5.41, 5.74) is 0. The van der Waals surface area contributed by atoms with Crippen LogP contribution in [0.25, 0.3) is 0 Å². The van der Waals surface area contributed by atoms with E-state index in [0.29, 0.717) is 3.95 Å². The summed E-state index contributed by atoms with van der Waals surface area (Å²) in [5.74, 6) is 0. The normalized spacial score (nSPS) is 11.9. The molecule has 1 heterocycles. The van der Waals surface area contributed by atoms with Gasteiger partial charge >= 0.3 is 0 Å². The zero-order chi connectivity index (χ0) is 7.78. The number of aromatic nitrogens is 2. The maximum absolute atomic E-state index is 4.87. The Balaban J connectivity index is 3.07. The summed E-state index contributed by atoms with van der Waals surface area (Å²) in [5, 5.41) is 7.64. The van der Waals surface area contributed by atoms with E-state index in [0.717, 1.165) is 5.01 Å². The van der Waals surface area contributed by atoms with E-state index in [-0.39, 0.29) is 4.75 Å². The van der Waals surface area contributed by atoms with Gasteiger partial charge < -0.3 is 0 Å². The minimum Gasteiger partial charge on any atom is -0.258 e. The Morgan fingerprint density at radius 1 is 1.70 bits per heavy atom. The van der Waals surface area contributed by atoms with Crippen LogP contribution in [-0.4, -0.2) is 10.2 Å². The maximum atomic E-state index is 4.87. The van der Waals surface area contributed by atoms with E-state index in [1.807, 2.05) is 13.8 Å². The average Bonchev–Trinajstić information content (AvgIpc) is 2.11. The number of hydrogen-bond donors (Lipinski definition) is 2. The molecule has 0 saturated carbocycles. The lowest BCUT2D eigenvalue weighted by Gasteiger charge is -2.10. The first-order chi connectivity index (χ1) is 4.50. The number of H-pyrrole nitrogens is 1. The summed E-state index contributed by atoms with van der Waals surface area (Å²) in [6.45, 7) is 3.97. The van der Waals surface area contributed by atoms with Gasteiger partial charge in [0.2, 0.25) is 0 Å². The van der Waals surface area contributed by atoms with Crippen molar-refractivity contribution in [2.24, 2.45) is 0 Å². The van der Waals surface area contributed by atoms with E-state index >= 15 is 0 Å². The molecule has 0 unspecified atom stereocenters. The van der Waals surface area contributed by atoms with E-state index in [4.69, 9.17) is 12.2 Å². The second-order valence-electron chi connectivity index (χ2n) is 2.48. The van der Waals surface area contributed by atoms with Crippen molar-refractivity contribution in [3.8, 4) is 0 Å². The average molecular weight is 192 g/mol. The molecule has 0 aromatic carbocycles. The van der Waals surface area contributed by atoms with Gasteiger partial charge in [0, 0.05) is 0 Å². The minimum atomic E-state index is -0.182. The van der Waals surface area contributed by atoms with Gasteiger partial charge in [-0.1, -0.05) is 11.3 Å². The first-order valence-electron chi connectivity index (χ1n) is 2.78. The largest absolute Gasteiger partial charge is 0.258 e. The molecule has 0 amide bonds. The van der Waals surface area contributed by atoms with Gasteiger partial charge in [0.25, 0.3) is 0 Å². The molecule has 0 radical (unpaired) electrons. The zero-order valence-electron chi connectivity index (χ0n) is 5.71. The molecule has 0 aliphatic carbocycles. The third kappa shape index (κ3) is 1.81. The molecular formula is C5H8N2S3. The number of aromatic amines is 1. The molecule has 56 valence electrons. The summed E-state index contributed by atoms with van der Waals surface area (Å²) < 4.78 is 0.523. The van der Waals surface area contributed by atoms with E-state index < -0.39 is 0 Å². The molecule has 0 fully saturated rings. The van der Waals surface area contributed by atoms with Crippen molar-refractivity contribution in [1.82, 2.24) is 10.2 Å². The summed E-state index contributed by atoms with van der Waals surface area (Å²) in [6, 6.07) is 0. The monoisotopic (exact) mass is 192 g/mol. The quantitative estimate of drug-likeness (QED) is 0.528. The Bertz CT molecular complexity index is 267. The van der Waals surface area contributed by atoms with Crippen LogP contribution < -0.4 is 0 Å². The van der Waals surface area contributed by atoms with Crippen LogP contribution in [0.5, 0.6) is 0 Å². The molecular weight excluding hydrogens is 184 g/mol. The summed E-state index contributed by atoms with van der Waals surface area (Å²) in [7, 11) is 0. The third-order valence-electron chi connectivity index (χ3n) is 0.961. The van der Waals surface area contributed by atoms with Crippen molar-refractivity contribution in [3.05, 3.63) is 8.96 Å². The Labute approximate surface area is 74.1 Å². The maximum Gasteiger partial charge on any atom is 0.176 e. The molecule has 0 bridgehead atoms. The van der Waals surface area contributed by atoms with Crippen LogP contribution in [0.3, 0.4) is 0 Å². The van der Waals surface area contributed by atoms with Crippen LogP contribution in [0.1, 0.15) is 18.9 Å². The summed E-state index contributed by atoms with van der Waals surface area (Å²) in [6.07, 6.45) is 0. The Hall–Kier alpha value is 0.130. The second kappa shape index (κ2) is 2.64. The lowest BCUT2D eigenvalue weighted by Crippen LogP contribution is -2.06. The topological polar surface area (TPSA) is 28.7 Å². The minimum absolute atomic E-state index is 0.182. The first-order valence-corrected chi connectivity index (χ1v) is 4.46. The smallest absolute Gasteiger partial charge is 0.176 e. The molecule has 2 nitrogen and oxygen atoms in total. The van der Waals surface area contributed by atoms with Crippen molar-refractivity contribution in [2.75, 3.05) is 0 Å². The van der Waals surface area contributed by atoms with E-state index in [9.17, 15) is 0 Å². The predicted molar refractivity (Wildman–Crippen MR) is 49.3 cm³/mol. The second-order valence-corrected chi connectivity index (χ2v) is 5.26. The van der Waals surface area contributed by atoms with Gasteiger partial charge in [-0.2, -0.15) is 17.7 Å².